The second kappa shape index (κ2) is 4.75. The highest BCUT2D eigenvalue weighted by Gasteiger charge is 2.32. The Labute approximate surface area is 120 Å². The zero-order valence-corrected chi connectivity index (χ0v) is 10.9. The summed E-state index contributed by atoms with van der Waals surface area (Å²) in [5.74, 6) is -0.345. The summed E-state index contributed by atoms with van der Waals surface area (Å²) in [4.78, 5) is 0. The molecule has 2 atom stereocenters. The maximum Gasteiger partial charge on any atom is 0.150 e. The lowest BCUT2D eigenvalue weighted by Crippen LogP contribution is -2.30. The molecule has 3 rings (SSSR count). The summed E-state index contributed by atoms with van der Waals surface area (Å²) < 4.78 is 5.61. The van der Waals surface area contributed by atoms with E-state index in [2.05, 4.69) is 0 Å². The highest BCUT2D eigenvalue weighted by molar-refractivity contribution is 5.51. The van der Waals surface area contributed by atoms with Gasteiger partial charge in [0, 0.05) is 35.7 Å². The Balaban J connectivity index is 2.02. The first kappa shape index (κ1) is 13.4. The fraction of sp³-hybridized carbons (Fsp3) is 0.200. The van der Waals surface area contributed by atoms with Crippen molar-refractivity contribution in [2.24, 2.45) is 0 Å². The lowest BCUT2D eigenvalue weighted by Gasteiger charge is -2.31. The maximum atomic E-state index is 10.2. The number of rotatable bonds is 1. The van der Waals surface area contributed by atoms with Crippen molar-refractivity contribution >= 4 is 0 Å². The van der Waals surface area contributed by atoms with Gasteiger partial charge >= 0.3 is 0 Å². The maximum absolute atomic E-state index is 10.2. The van der Waals surface area contributed by atoms with E-state index in [1.807, 2.05) is 0 Å². The van der Waals surface area contributed by atoms with Crippen LogP contribution in [0.1, 0.15) is 17.2 Å². The third-order valence-electron chi connectivity index (χ3n) is 3.44. The average Bonchev–Trinajstić information content (AvgIpc) is 2.38. The topological polar surface area (TPSA) is 110 Å². The van der Waals surface area contributed by atoms with E-state index >= 15 is 0 Å². The molecule has 0 fully saturated rings. The molecule has 6 nitrogen and oxygen atoms in total. The van der Waals surface area contributed by atoms with Gasteiger partial charge < -0.3 is 30.3 Å². The minimum Gasteiger partial charge on any atom is -0.508 e. The first-order valence-corrected chi connectivity index (χ1v) is 6.36. The van der Waals surface area contributed by atoms with Crippen LogP contribution in [0.15, 0.2) is 30.3 Å². The predicted molar refractivity (Wildman–Crippen MR) is 72.6 cm³/mol. The fourth-order valence-corrected chi connectivity index (χ4v) is 2.53. The summed E-state index contributed by atoms with van der Waals surface area (Å²) >= 11 is 0. The summed E-state index contributed by atoms with van der Waals surface area (Å²) in [6, 6.07) is 6.44. The largest absolute Gasteiger partial charge is 0.508 e. The first-order valence-electron chi connectivity index (χ1n) is 6.36. The Kier molecular flexibility index (Phi) is 3.03. The van der Waals surface area contributed by atoms with Crippen LogP contribution in [0.25, 0.3) is 0 Å². The van der Waals surface area contributed by atoms with Crippen LogP contribution >= 0.6 is 0 Å². The van der Waals surface area contributed by atoms with Gasteiger partial charge in [-0.2, -0.15) is 0 Å². The normalized spacial score (nSPS) is 20.6. The molecule has 0 spiro atoms. The van der Waals surface area contributed by atoms with Crippen molar-refractivity contribution in [2.75, 3.05) is 0 Å². The third-order valence-corrected chi connectivity index (χ3v) is 3.44. The van der Waals surface area contributed by atoms with E-state index < -0.39 is 12.2 Å². The van der Waals surface area contributed by atoms with Crippen LogP contribution in [0.4, 0.5) is 0 Å². The van der Waals surface area contributed by atoms with E-state index in [4.69, 9.17) is 4.74 Å². The fourth-order valence-electron chi connectivity index (χ4n) is 2.53. The number of hydrogen-bond acceptors (Lipinski definition) is 6. The van der Waals surface area contributed by atoms with Crippen molar-refractivity contribution in [3.63, 3.8) is 0 Å². The van der Waals surface area contributed by atoms with Crippen molar-refractivity contribution in [1.82, 2.24) is 0 Å². The molecule has 0 bridgehead atoms. The van der Waals surface area contributed by atoms with Gasteiger partial charge in [0.25, 0.3) is 0 Å². The van der Waals surface area contributed by atoms with E-state index in [1.54, 1.807) is 0 Å². The molecule has 6 heteroatoms. The molecule has 0 unspecified atom stereocenters. The van der Waals surface area contributed by atoms with Crippen molar-refractivity contribution in [3.05, 3.63) is 41.5 Å². The molecular weight excluding hydrogens is 276 g/mol. The van der Waals surface area contributed by atoms with E-state index in [-0.39, 0.29) is 35.2 Å². The van der Waals surface area contributed by atoms with Crippen molar-refractivity contribution in [3.8, 4) is 28.7 Å². The smallest absolute Gasteiger partial charge is 0.150 e. The van der Waals surface area contributed by atoms with E-state index in [0.29, 0.717) is 11.1 Å². The van der Waals surface area contributed by atoms with Gasteiger partial charge in [-0.1, -0.05) is 0 Å². The lowest BCUT2D eigenvalue weighted by molar-refractivity contribution is 0.0196. The monoisotopic (exact) mass is 290 g/mol. The molecule has 2 aromatic rings. The van der Waals surface area contributed by atoms with E-state index in [1.165, 1.54) is 30.3 Å². The van der Waals surface area contributed by atoms with Gasteiger partial charge in [0.15, 0.2) is 6.10 Å². The third kappa shape index (κ3) is 2.41. The second-order valence-corrected chi connectivity index (χ2v) is 5.03. The molecule has 1 aliphatic rings. The number of fused-ring (bicyclic) bond motifs is 1. The minimum atomic E-state index is -0.964. The van der Waals surface area contributed by atoms with Gasteiger partial charge in [-0.05, 0) is 12.1 Å². The van der Waals surface area contributed by atoms with Crippen LogP contribution in [-0.4, -0.2) is 31.6 Å². The average molecular weight is 290 g/mol. The van der Waals surface area contributed by atoms with Crippen LogP contribution in [0.5, 0.6) is 28.7 Å². The van der Waals surface area contributed by atoms with Crippen molar-refractivity contribution in [2.45, 2.75) is 18.6 Å². The number of hydrogen-bond donors (Lipinski definition) is 5. The molecular formula is C15H14O6. The second-order valence-electron chi connectivity index (χ2n) is 5.03. The van der Waals surface area contributed by atoms with Crippen molar-refractivity contribution in [1.29, 1.82) is 0 Å². The highest BCUT2D eigenvalue weighted by Crippen LogP contribution is 2.42. The van der Waals surface area contributed by atoms with Gasteiger partial charge in [0.2, 0.25) is 0 Å². The number of ether oxygens (including phenoxy) is 1. The predicted octanol–water partition coefficient (Wildman–Crippen LogP) is 1.55. The number of aliphatic hydroxyl groups excluding tert-OH is 1. The van der Waals surface area contributed by atoms with E-state index in [0.717, 1.165) is 0 Å². The molecule has 2 aromatic carbocycles. The summed E-state index contributed by atoms with van der Waals surface area (Å²) in [6.45, 7) is 0. The molecule has 0 saturated carbocycles. The van der Waals surface area contributed by atoms with Crippen molar-refractivity contribution < 1.29 is 30.3 Å². The molecule has 5 N–H and O–H groups in total. The standard InChI is InChI=1S/C15H14O6/c16-8-1-7(2-9(17)3-8)15-13(20)6-11-12(19)4-10(18)5-14(11)21-15/h1-5,13,15-20H,6H2/t13-,15-/m0/s1. The zero-order valence-electron chi connectivity index (χ0n) is 10.9. The molecule has 1 aliphatic heterocycles. The number of aromatic hydroxyl groups is 4. The quantitative estimate of drug-likeness (QED) is 0.545. The van der Waals surface area contributed by atoms with Crippen LogP contribution in [0.2, 0.25) is 0 Å². The molecule has 0 amide bonds. The lowest BCUT2D eigenvalue weighted by atomic mass is 9.94. The molecule has 1 heterocycles. The number of aliphatic hydroxyl groups is 1. The van der Waals surface area contributed by atoms with Crippen LogP contribution in [0.3, 0.4) is 0 Å². The molecule has 0 aliphatic carbocycles. The minimum absolute atomic E-state index is 0.128. The summed E-state index contributed by atoms with van der Waals surface area (Å²) in [7, 11) is 0. The zero-order chi connectivity index (χ0) is 15.1. The summed E-state index contributed by atoms with van der Waals surface area (Å²) in [5, 5.41) is 48.5. The number of benzene rings is 2. The summed E-state index contributed by atoms with van der Waals surface area (Å²) in [5.41, 5.74) is 0.800. The Morgan fingerprint density at radius 2 is 1.48 bits per heavy atom. The Morgan fingerprint density at radius 3 is 2.14 bits per heavy atom. The van der Waals surface area contributed by atoms with Crippen LogP contribution in [-0.2, 0) is 6.42 Å². The number of phenols is 4. The van der Waals surface area contributed by atoms with Crippen LogP contribution < -0.4 is 4.74 Å². The molecule has 0 aromatic heterocycles. The Hall–Kier alpha value is -2.60. The molecule has 0 radical (unpaired) electrons. The summed E-state index contributed by atoms with van der Waals surface area (Å²) in [6.07, 6.45) is -1.66. The molecule has 21 heavy (non-hydrogen) atoms. The van der Waals surface area contributed by atoms with Gasteiger partial charge in [0.1, 0.15) is 28.7 Å². The van der Waals surface area contributed by atoms with Gasteiger partial charge in [-0.15, -0.1) is 0 Å². The molecule has 110 valence electrons. The van der Waals surface area contributed by atoms with Gasteiger partial charge in [-0.25, -0.2) is 0 Å². The number of phenolic OH excluding ortho intramolecular Hbond substituents is 4. The molecule has 0 saturated heterocycles. The SMILES string of the molecule is Oc1cc(O)cc([C@@H]2Oc3cc(O)cc(O)c3C[C@@H]2O)c1. The van der Waals surface area contributed by atoms with Crippen LogP contribution in [0, 0.1) is 0 Å². The Morgan fingerprint density at radius 1 is 0.857 bits per heavy atom. The first-order chi connectivity index (χ1) is 9.94. The van der Waals surface area contributed by atoms with Gasteiger partial charge in [0.05, 0.1) is 6.10 Å². The Bertz CT molecular complexity index is 677. The highest BCUT2D eigenvalue weighted by atomic mass is 16.5. The van der Waals surface area contributed by atoms with E-state index in [9.17, 15) is 25.5 Å². The van der Waals surface area contributed by atoms with Gasteiger partial charge in [-0.3, -0.25) is 0 Å².